The predicted octanol–water partition coefficient (Wildman–Crippen LogP) is 5.31. The molecule has 0 aliphatic heterocycles. The van der Waals surface area contributed by atoms with Crippen molar-refractivity contribution in [3.63, 3.8) is 0 Å². The maximum Gasteiger partial charge on any atom is 0.0170 e. The van der Waals surface area contributed by atoms with Gasteiger partial charge in [0.2, 0.25) is 0 Å². The lowest BCUT2D eigenvalue weighted by atomic mass is 9.64. The van der Waals surface area contributed by atoms with Crippen molar-refractivity contribution in [1.82, 2.24) is 0 Å². The molecule has 0 amide bonds. The van der Waals surface area contributed by atoms with Gasteiger partial charge in [-0.15, -0.1) is 0 Å². The smallest absolute Gasteiger partial charge is 0.0170 e. The van der Waals surface area contributed by atoms with Gasteiger partial charge in [0.1, 0.15) is 0 Å². The van der Waals surface area contributed by atoms with Gasteiger partial charge in [0, 0.05) is 10.8 Å². The Balaban J connectivity index is 1.62. The quantitative estimate of drug-likeness (QED) is 0.600. The summed E-state index contributed by atoms with van der Waals surface area (Å²) in [5.74, 6) is 0.760. The highest BCUT2D eigenvalue weighted by molar-refractivity contribution is 5.72. The molecule has 0 bridgehead atoms. The van der Waals surface area contributed by atoms with Crippen molar-refractivity contribution in [3.8, 4) is 0 Å². The monoisotopic (exact) mass is 322 g/mol. The van der Waals surface area contributed by atoms with Gasteiger partial charge in [-0.2, -0.15) is 0 Å². The maximum atomic E-state index is 2.49. The van der Waals surface area contributed by atoms with Crippen molar-refractivity contribution in [3.05, 3.63) is 107 Å². The van der Waals surface area contributed by atoms with Gasteiger partial charge >= 0.3 is 0 Å². The first kappa shape index (κ1) is 13.9. The highest BCUT2D eigenvalue weighted by Crippen LogP contribution is 3.01. The molecule has 3 aliphatic carbocycles. The zero-order valence-corrected chi connectivity index (χ0v) is 14.6. The Morgan fingerprint density at radius 1 is 0.640 bits per heavy atom. The summed E-state index contributed by atoms with van der Waals surface area (Å²) in [7, 11) is 0. The van der Waals surface area contributed by atoms with Gasteiger partial charge in [-0.05, 0) is 46.4 Å². The second kappa shape index (κ2) is 4.25. The fourth-order valence-corrected chi connectivity index (χ4v) is 7.14. The molecule has 3 aliphatic rings. The second-order valence-electron chi connectivity index (χ2n) is 8.26. The number of hydrogen-bond acceptors (Lipinski definition) is 0. The van der Waals surface area contributed by atoms with Crippen LogP contribution >= 0.6 is 0 Å². The van der Waals surface area contributed by atoms with Crippen LogP contribution in [-0.4, -0.2) is 0 Å². The average Bonchev–Trinajstić information content (AvgIpc) is 3.47. The molecule has 0 unspecified atom stereocenters. The number of hydrogen-bond donors (Lipinski definition) is 0. The van der Waals surface area contributed by atoms with Crippen LogP contribution in [0.1, 0.15) is 29.2 Å². The van der Waals surface area contributed by atoms with Crippen molar-refractivity contribution in [2.24, 2.45) is 11.3 Å². The molecule has 0 heterocycles. The van der Waals surface area contributed by atoms with Crippen LogP contribution in [0.15, 0.2) is 84.9 Å². The first-order chi connectivity index (χ1) is 12.3. The van der Waals surface area contributed by atoms with Gasteiger partial charge in [-0.1, -0.05) is 91.9 Å². The van der Waals surface area contributed by atoms with Crippen LogP contribution in [0.4, 0.5) is 0 Å². The van der Waals surface area contributed by atoms with E-state index in [-0.39, 0.29) is 5.41 Å². The molecule has 3 aromatic rings. The van der Waals surface area contributed by atoms with Crippen molar-refractivity contribution in [1.29, 1.82) is 0 Å². The summed E-state index contributed by atoms with van der Waals surface area (Å²) in [5.41, 5.74) is 7.27. The minimum absolute atomic E-state index is 0.288. The van der Waals surface area contributed by atoms with Gasteiger partial charge < -0.3 is 0 Å². The molecule has 1 spiro atoms. The highest BCUT2D eigenvalue weighted by atomic mass is 15.0. The fourth-order valence-electron chi connectivity index (χ4n) is 7.14. The second-order valence-corrected chi connectivity index (χ2v) is 8.26. The third-order valence-corrected chi connectivity index (χ3v) is 7.92. The van der Waals surface area contributed by atoms with Crippen LogP contribution in [0.25, 0.3) is 0 Å². The highest BCUT2D eigenvalue weighted by Gasteiger charge is 3.03. The van der Waals surface area contributed by atoms with Crippen molar-refractivity contribution >= 4 is 0 Å². The Bertz CT molecular complexity index is 973. The van der Waals surface area contributed by atoms with Crippen molar-refractivity contribution in [2.45, 2.75) is 30.6 Å². The molecule has 0 nitrogen and oxygen atoms in total. The minimum atomic E-state index is 0.288. The molecule has 0 radical (unpaired) electrons. The van der Waals surface area contributed by atoms with Gasteiger partial charge in [0.05, 0.1) is 0 Å². The lowest BCUT2D eigenvalue weighted by Crippen LogP contribution is -2.38. The molecule has 4 atom stereocenters. The van der Waals surface area contributed by atoms with E-state index in [4.69, 9.17) is 0 Å². The van der Waals surface area contributed by atoms with Gasteiger partial charge in [0.15, 0.2) is 0 Å². The summed E-state index contributed by atoms with van der Waals surface area (Å²) in [6, 6.07) is 31.8. The number of fused-ring (bicyclic) bond motifs is 2. The van der Waals surface area contributed by atoms with Gasteiger partial charge in [0.25, 0.3) is 0 Å². The largest absolute Gasteiger partial charge is 0.0622 e. The SMILES string of the molecule is C[C@@H]1[C@]23Cc4ccccc4C[C@]2(c2ccccc2)[C@]13c1ccccc1. The van der Waals surface area contributed by atoms with Crippen LogP contribution in [-0.2, 0) is 23.7 Å². The summed E-state index contributed by atoms with van der Waals surface area (Å²) in [6.07, 6.45) is 2.42. The van der Waals surface area contributed by atoms with E-state index in [9.17, 15) is 0 Å². The van der Waals surface area contributed by atoms with Crippen LogP contribution in [0.3, 0.4) is 0 Å². The number of rotatable bonds is 2. The minimum Gasteiger partial charge on any atom is -0.0622 e. The van der Waals surface area contributed by atoms with E-state index in [1.165, 1.54) is 12.8 Å². The molecule has 0 aromatic heterocycles. The van der Waals surface area contributed by atoms with Gasteiger partial charge in [-0.25, -0.2) is 0 Å². The topological polar surface area (TPSA) is 0 Å². The molecular formula is C25H22. The summed E-state index contributed by atoms with van der Waals surface area (Å²) in [4.78, 5) is 0. The summed E-state index contributed by atoms with van der Waals surface area (Å²) in [5, 5.41) is 0. The Morgan fingerprint density at radius 2 is 1.16 bits per heavy atom. The zero-order valence-electron chi connectivity index (χ0n) is 14.6. The summed E-state index contributed by atoms with van der Waals surface area (Å²) >= 11 is 0. The van der Waals surface area contributed by atoms with Crippen LogP contribution < -0.4 is 0 Å². The molecule has 122 valence electrons. The standard InChI is InChI=1S/C25H22/c1-18-23-16-19-10-8-9-11-20(19)17-24(23,21-12-4-2-5-13-21)25(18,23)22-14-6-3-7-15-22/h2-15,18H,16-17H2,1H3/t18-,23-,24-,25+/m1/s1. The van der Waals surface area contributed by atoms with E-state index in [0.29, 0.717) is 10.8 Å². The molecule has 2 fully saturated rings. The molecule has 3 aromatic carbocycles. The van der Waals surface area contributed by atoms with Gasteiger partial charge in [-0.3, -0.25) is 0 Å². The van der Waals surface area contributed by atoms with Crippen LogP contribution in [0.5, 0.6) is 0 Å². The predicted molar refractivity (Wildman–Crippen MR) is 102 cm³/mol. The number of benzene rings is 3. The van der Waals surface area contributed by atoms with E-state index in [1.54, 1.807) is 22.3 Å². The third kappa shape index (κ3) is 1.26. The Kier molecular flexibility index (Phi) is 2.36. The van der Waals surface area contributed by atoms with E-state index in [2.05, 4.69) is 91.9 Å². The van der Waals surface area contributed by atoms with E-state index in [0.717, 1.165) is 5.92 Å². The zero-order chi connectivity index (χ0) is 16.7. The van der Waals surface area contributed by atoms with E-state index < -0.39 is 0 Å². The molecule has 0 heteroatoms. The molecule has 0 N–H and O–H groups in total. The Hall–Kier alpha value is -2.34. The first-order valence-corrected chi connectivity index (χ1v) is 9.47. The Morgan fingerprint density at radius 3 is 1.80 bits per heavy atom. The first-order valence-electron chi connectivity index (χ1n) is 9.47. The van der Waals surface area contributed by atoms with Crippen LogP contribution in [0, 0.1) is 11.3 Å². The van der Waals surface area contributed by atoms with Crippen molar-refractivity contribution < 1.29 is 0 Å². The lowest BCUT2D eigenvalue weighted by Gasteiger charge is -2.39. The molecule has 25 heavy (non-hydrogen) atoms. The molecular weight excluding hydrogens is 300 g/mol. The average molecular weight is 322 g/mol. The van der Waals surface area contributed by atoms with E-state index >= 15 is 0 Å². The maximum absolute atomic E-state index is 2.49. The lowest BCUT2D eigenvalue weighted by molar-refractivity contribution is 0.300. The normalized spacial score (nSPS) is 36.8. The summed E-state index contributed by atoms with van der Waals surface area (Å²) < 4.78 is 0. The summed E-state index contributed by atoms with van der Waals surface area (Å²) in [6.45, 7) is 2.49. The Labute approximate surface area is 149 Å². The molecule has 2 saturated carbocycles. The van der Waals surface area contributed by atoms with Crippen molar-refractivity contribution in [2.75, 3.05) is 0 Å². The van der Waals surface area contributed by atoms with E-state index in [1.807, 2.05) is 0 Å². The van der Waals surface area contributed by atoms with Crippen LogP contribution in [0.2, 0.25) is 0 Å². The fraction of sp³-hybridized carbons (Fsp3) is 0.280. The molecule has 6 rings (SSSR count). The molecule has 0 saturated heterocycles. The third-order valence-electron chi connectivity index (χ3n) is 7.92.